The van der Waals surface area contributed by atoms with Gasteiger partial charge in [0.05, 0.1) is 6.07 Å². The summed E-state index contributed by atoms with van der Waals surface area (Å²) in [5, 5.41) is 17.8. The Morgan fingerprint density at radius 3 is 2.89 bits per heavy atom. The van der Waals surface area contributed by atoms with Crippen LogP contribution in [0, 0.1) is 11.3 Å². The number of rotatable bonds is 7. The molecule has 2 atom stereocenters. The smallest absolute Gasteiger partial charge is 0.186 e. The summed E-state index contributed by atoms with van der Waals surface area (Å²) in [5.74, 6) is 0. The number of hydrogen-bond acceptors (Lipinski definition) is 5. The molecule has 6 heteroatoms. The fourth-order valence-electron chi connectivity index (χ4n) is 1.75. The molecule has 2 unspecified atom stereocenters. The maximum atomic E-state index is 9.29. The molecule has 0 aromatic carbocycles. The second-order valence-corrected chi connectivity index (χ2v) is 6.08. The molecule has 0 saturated heterocycles. The van der Waals surface area contributed by atoms with Gasteiger partial charge < -0.3 is 0 Å². The van der Waals surface area contributed by atoms with Crippen molar-refractivity contribution in [1.82, 2.24) is 20.1 Å². The molecule has 18 heavy (non-hydrogen) atoms. The van der Waals surface area contributed by atoms with Crippen LogP contribution in [0.5, 0.6) is 0 Å². The van der Waals surface area contributed by atoms with Gasteiger partial charge >= 0.3 is 0 Å². The van der Waals surface area contributed by atoms with E-state index in [9.17, 15) is 5.26 Å². The minimum Gasteiger partial charge on any atom is -0.300 e. The van der Waals surface area contributed by atoms with Gasteiger partial charge in [-0.15, -0.1) is 0 Å². The van der Waals surface area contributed by atoms with Crippen LogP contribution in [0.4, 0.5) is 0 Å². The Bertz CT molecular complexity index is 411. The van der Waals surface area contributed by atoms with Crippen molar-refractivity contribution < 1.29 is 0 Å². The average molecular weight is 267 g/mol. The third-order valence-corrected chi connectivity index (χ3v) is 3.83. The highest BCUT2D eigenvalue weighted by atomic mass is 32.2. The molecule has 0 radical (unpaired) electrons. The summed E-state index contributed by atoms with van der Waals surface area (Å²) in [5.41, 5.74) is -0.471. The van der Waals surface area contributed by atoms with E-state index in [4.69, 9.17) is 0 Å². The van der Waals surface area contributed by atoms with Crippen LogP contribution in [-0.4, -0.2) is 32.1 Å². The summed E-state index contributed by atoms with van der Waals surface area (Å²) in [4.78, 5) is 4.19. The number of nitriles is 1. The summed E-state index contributed by atoms with van der Waals surface area (Å²) >= 11 is 1.65. The van der Waals surface area contributed by atoms with Crippen molar-refractivity contribution in [2.75, 3.05) is 6.54 Å². The summed E-state index contributed by atoms with van der Waals surface area (Å²) in [7, 11) is 1.88. The minimum absolute atomic E-state index is 0.307. The van der Waals surface area contributed by atoms with Crippen molar-refractivity contribution in [2.45, 2.75) is 49.6 Å². The first kappa shape index (κ1) is 15.0. The second kappa shape index (κ2) is 6.76. The van der Waals surface area contributed by atoms with E-state index in [0.29, 0.717) is 5.25 Å². The second-order valence-electron chi connectivity index (χ2n) is 4.67. The van der Waals surface area contributed by atoms with E-state index in [2.05, 4.69) is 35.3 Å². The van der Waals surface area contributed by atoms with Crippen LogP contribution in [0.3, 0.4) is 0 Å². The molecule has 0 aliphatic carbocycles. The summed E-state index contributed by atoms with van der Waals surface area (Å²) in [6.07, 6.45) is 3.36. The Kier molecular flexibility index (Phi) is 5.63. The van der Waals surface area contributed by atoms with Gasteiger partial charge in [0.1, 0.15) is 11.9 Å². The first-order valence-corrected chi connectivity index (χ1v) is 7.05. The van der Waals surface area contributed by atoms with Crippen molar-refractivity contribution in [3.63, 3.8) is 0 Å². The molecule has 0 saturated carbocycles. The lowest BCUT2D eigenvalue weighted by atomic mass is 9.98. The zero-order valence-electron chi connectivity index (χ0n) is 11.5. The maximum absolute atomic E-state index is 9.29. The molecule has 0 amide bonds. The molecular weight excluding hydrogens is 246 g/mol. The van der Waals surface area contributed by atoms with E-state index in [0.717, 1.165) is 24.5 Å². The molecule has 1 aromatic rings. The molecule has 1 N–H and O–H groups in total. The van der Waals surface area contributed by atoms with E-state index in [1.807, 2.05) is 14.0 Å². The molecule has 0 spiro atoms. The van der Waals surface area contributed by atoms with Crippen LogP contribution in [0.2, 0.25) is 0 Å². The number of aryl methyl sites for hydroxylation is 1. The standard InChI is InChI=1S/C12H21N5S/c1-5-6-15-12(3,8-13)7-10(2)18-11-14-9-16-17(11)4/h9-10,15H,5-7H2,1-4H3. The highest BCUT2D eigenvalue weighted by Crippen LogP contribution is 2.26. The van der Waals surface area contributed by atoms with Crippen molar-refractivity contribution in [3.05, 3.63) is 6.33 Å². The van der Waals surface area contributed by atoms with E-state index in [1.54, 1.807) is 22.8 Å². The van der Waals surface area contributed by atoms with Gasteiger partial charge in [-0.2, -0.15) is 10.4 Å². The topological polar surface area (TPSA) is 66.5 Å². The van der Waals surface area contributed by atoms with Crippen LogP contribution in [0.15, 0.2) is 11.5 Å². The lowest BCUT2D eigenvalue weighted by Crippen LogP contribution is -2.43. The number of nitrogens with zero attached hydrogens (tertiary/aromatic N) is 4. The monoisotopic (exact) mass is 267 g/mol. The zero-order chi connectivity index (χ0) is 13.6. The molecule has 5 nitrogen and oxygen atoms in total. The molecule has 0 fully saturated rings. The van der Waals surface area contributed by atoms with E-state index in [1.165, 1.54) is 0 Å². The maximum Gasteiger partial charge on any atom is 0.186 e. The number of aromatic nitrogens is 3. The van der Waals surface area contributed by atoms with Gasteiger partial charge in [0.25, 0.3) is 0 Å². The molecule has 0 aliphatic rings. The van der Waals surface area contributed by atoms with Gasteiger partial charge in [0, 0.05) is 12.3 Å². The first-order chi connectivity index (χ1) is 8.50. The SMILES string of the molecule is CCCNC(C)(C#N)CC(C)Sc1ncnn1C. The van der Waals surface area contributed by atoms with Gasteiger partial charge in [-0.1, -0.05) is 25.6 Å². The normalized spacial score (nSPS) is 15.9. The van der Waals surface area contributed by atoms with E-state index < -0.39 is 5.54 Å². The highest BCUT2D eigenvalue weighted by molar-refractivity contribution is 7.99. The Morgan fingerprint density at radius 2 is 2.39 bits per heavy atom. The zero-order valence-corrected chi connectivity index (χ0v) is 12.3. The van der Waals surface area contributed by atoms with Gasteiger partial charge in [0.2, 0.25) is 0 Å². The molecule has 1 heterocycles. The van der Waals surface area contributed by atoms with Crippen molar-refractivity contribution in [1.29, 1.82) is 5.26 Å². The van der Waals surface area contributed by atoms with Gasteiger partial charge in [-0.25, -0.2) is 9.67 Å². The van der Waals surface area contributed by atoms with Crippen LogP contribution >= 0.6 is 11.8 Å². The lowest BCUT2D eigenvalue weighted by Gasteiger charge is -2.26. The molecule has 100 valence electrons. The number of nitrogens with one attached hydrogen (secondary N) is 1. The minimum atomic E-state index is -0.471. The molecular formula is C12H21N5S. The Labute approximate surface area is 113 Å². The summed E-state index contributed by atoms with van der Waals surface area (Å²) < 4.78 is 1.75. The lowest BCUT2D eigenvalue weighted by molar-refractivity contribution is 0.418. The highest BCUT2D eigenvalue weighted by Gasteiger charge is 2.26. The van der Waals surface area contributed by atoms with E-state index in [-0.39, 0.29) is 0 Å². The van der Waals surface area contributed by atoms with Crippen LogP contribution in [-0.2, 0) is 7.05 Å². The Morgan fingerprint density at radius 1 is 1.67 bits per heavy atom. The van der Waals surface area contributed by atoms with E-state index >= 15 is 0 Å². The predicted octanol–water partition coefficient (Wildman–Crippen LogP) is 1.97. The number of hydrogen-bond donors (Lipinski definition) is 1. The quantitative estimate of drug-likeness (QED) is 0.765. The Balaban J connectivity index is 2.55. The van der Waals surface area contributed by atoms with Crippen LogP contribution < -0.4 is 5.32 Å². The van der Waals surface area contributed by atoms with Crippen molar-refractivity contribution in [2.24, 2.45) is 7.05 Å². The predicted molar refractivity (Wildman–Crippen MR) is 73.3 cm³/mol. The van der Waals surface area contributed by atoms with Crippen LogP contribution in [0.25, 0.3) is 0 Å². The number of thioether (sulfide) groups is 1. The average Bonchev–Trinajstić information content (AvgIpc) is 2.72. The van der Waals surface area contributed by atoms with Gasteiger partial charge in [-0.05, 0) is 26.3 Å². The van der Waals surface area contributed by atoms with Crippen LogP contribution in [0.1, 0.15) is 33.6 Å². The third kappa shape index (κ3) is 4.31. The van der Waals surface area contributed by atoms with Gasteiger partial charge in [-0.3, -0.25) is 5.32 Å². The Hall–Kier alpha value is -1.06. The first-order valence-electron chi connectivity index (χ1n) is 6.17. The third-order valence-electron chi connectivity index (χ3n) is 2.68. The van der Waals surface area contributed by atoms with Crippen molar-refractivity contribution in [3.8, 4) is 6.07 Å². The molecule has 1 rings (SSSR count). The largest absolute Gasteiger partial charge is 0.300 e. The summed E-state index contributed by atoms with van der Waals surface area (Å²) in [6, 6.07) is 2.37. The fraction of sp³-hybridized carbons (Fsp3) is 0.750. The molecule has 1 aromatic heterocycles. The molecule has 0 bridgehead atoms. The van der Waals surface area contributed by atoms with Crippen molar-refractivity contribution >= 4 is 11.8 Å². The summed E-state index contributed by atoms with van der Waals surface area (Å²) in [6.45, 7) is 7.03. The molecule has 0 aliphatic heterocycles. The van der Waals surface area contributed by atoms with Gasteiger partial charge in [0.15, 0.2) is 5.16 Å². The fourth-order valence-corrected chi connectivity index (χ4v) is 2.83.